The fraction of sp³-hybridized carbons (Fsp3) is 0.429. The first-order chi connectivity index (χ1) is 4.86. The van der Waals surface area contributed by atoms with Crippen molar-refractivity contribution >= 4 is 27.3 Å². The van der Waals surface area contributed by atoms with Gasteiger partial charge in [-0.2, -0.15) is 0 Å². The van der Waals surface area contributed by atoms with Crippen molar-refractivity contribution < 1.29 is 0 Å². The third-order valence-corrected chi connectivity index (χ3v) is 3.45. The molecule has 0 saturated carbocycles. The molecule has 1 aliphatic rings. The molecule has 0 radical (unpaired) electrons. The van der Waals surface area contributed by atoms with Crippen molar-refractivity contribution in [3.8, 4) is 0 Å². The van der Waals surface area contributed by atoms with E-state index in [4.69, 9.17) is 0 Å². The summed E-state index contributed by atoms with van der Waals surface area (Å²) in [6.07, 6.45) is 1.20. The Bertz CT molecular complexity index is 220. The summed E-state index contributed by atoms with van der Waals surface area (Å²) in [5, 5.41) is 3.34. The monoisotopic (exact) mass is 217 g/mol. The summed E-state index contributed by atoms with van der Waals surface area (Å²) in [6.45, 7) is 2.19. The van der Waals surface area contributed by atoms with Gasteiger partial charge in [0, 0.05) is 18.0 Å². The van der Waals surface area contributed by atoms with Crippen LogP contribution in [0, 0.1) is 0 Å². The molecular formula is C7H8BrNS. The van der Waals surface area contributed by atoms with Gasteiger partial charge in [0.1, 0.15) is 0 Å². The quantitative estimate of drug-likeness (QED) is 0.703. The first kappa shape index (κ1) is 6.83. The predicted molar refractivity (Wildman–Crippen MR) is 47.4 cm³/mol. The molecule has 0 spiro atoms. The molecule has 0 saturated heterocycles. The van der Waals surface area contributed by atoms with E-state index >= 15 is 0 Å². The maximum absolute atomic E-state index is 3.48. The number of nitrogens with one attached hydrogen (secondary N) is 1. The van der Waals surface area contributed by atoms with Crippen molar-refractivity contribution in [2.24, 2.45) is 0 Å². The van der Waals surface area contributed by atoms with Crippen molar-refractivity contribution in [2.75, 3.05) is 6.54 Å². The van der Waals surface area contributed by atoms with Crippen molar-refractivity contribution in [2.45, 2.75) is 13.0 Å². The standard InChI is InChI=1S/C7H8BrNS/c8-7-3-5-4-9-2-1-6(5)10-7/h3,9H,1-2,4H2. The Kier molecular flexibility index (Phi) is 1.80. The Labute approximate surface area is 72.6 Å². The van der Waals surface area contributed by atoms with Crippen LogP contribution < -0.4 is 5.32 Å². The Morgan fingerprint density at radius 1 is 1.60 bits per heavy atom. The normalized spacial score (nSPS) is 16.9. The van der Waals surface area contributed by atoms with E-state index in [-0.39, 0.29) is 0 Å². The molecule has 0 amide bonds. The highest BCUT2D eigenvalue weighted by Gasteiger charge is 2.10. The highest BCUT2D eigenvalue weighted by atomic mass is 79.9. The van der Waals surface area contributed by atoms with E-state index in [0.29, 0.717) is 0 Å². The lowest BCUT2D eigenvalue weighted by Crippen LogP contribution is -2.21. The van der Waals surface area contributed by atoms with E-state index in [1.165, 1.54) is 15.8 Å². The van der Waals surface area contributed by atoms with Gasteiger partial charge in [-0.25, -0.2) is 0 Å². The Morgan fingerprint density at radius 3 is 3.30 bits per heavy atom. The van der Waals surface area contributed by atoms with Gasteiger partial charge in [-0.15, -0.1) is 11.3 Å². The molecule has 3 heteroatoms. The third kappa shape index (κ3) is 1.13. The molecule has 0 aromatic carbocycles. The molecule has 1 aromatic rings. The van der Waals surface area contributed by atoms with Gasteiger partial charge in [-0.3, -0.25) is 0 Å². The smallest absolute Gasteiger partial charge is 0.0704 e. The lowest BCUT2D eigenvalue weighted by atomic mass is 10.1. The zero-order valence-corrected chi connectivity index (χ0v) is 7.89. The van der Waals surface area contributed by atoms with Gasteiger partial charge < -0.3 is 5.32 Å². The number of hydrogen-bond acceptors (Lipinski definition) is 2. The van der Waals surface area contributed by atoms with Crippen LogP contribution in [0.15, 0.2) is 9.85 Å². The van der Waals surface area contributed by atoms with Gasteiger partial charge in [0.25, 0.3) is 0 Å². The molecule has 0 fully saturated rings. The Hall–Kier alpha value is 0.140. The molecular weight excluding hydrogens is 210 g/mol. The summed E-state index contributed by atoms with van der Waals surface area (Å²) >= 11 is 5.35. The number of rotatable bonds is 0. The minimum Gasteiger partial charge on any atom is -0.312 e. The molecule has 54 valence electrons. The topological polar surface area (TPSA) is 12.0 Å². The van der Waals surface area contributed by atoms with Gasteiger partial charge in [0.05, 0.1) is 3.79 Å². The van der Waals surface area contributed by atoms with Crippen molar-refractivity contribution in [3.63, 3.8) is 0 Å². The summed E-state index contributed by atoms with van der Waals surface area (Å²) in [7, 11) is 0. The van der Waals surface area contributed by atoms with E-state index in [0.717, 1.165) is 13.1 Å². The molecule has 2 rings (SSSR count). The van der Waals surface area contributed by atoms with E-state index in [2.05, 4.69) is 27.3 Å². The van der Waals surface area contributed by atoms with Crippen LogP contribution >= 0.6 is 27.3 Å². The van der Waals surface area contributed by atoms with E-state index in [1.807, 2.05) is 11.3 Å². The van der Waals surface area contributed by atoms with Crippen LogP contribution in [0.5, 0.6) is 0 Å². The van der Waals surface area contributed by atoms with Crippen LogP contribution in [0.4, 0.5) is 0 Å². The summed E-state index contributed by atoms with van der Waals surface area (Å²) in [6, 6.07) is 2.21. The molecule has 1 aromatic heterocycles. The molecule has 0 aliphatic carbocycles. The minimum absolute atomic E-state index is 1.05. The summed E-state index contributed by atoms with van der Waals surface area (Å²) < 4.78 is 1.27. The minimum atomic E-state index is 1.05. The number of halogens is 1. The number of hydrogen-bond donors (Lipinski definition) is 1. The Balaban J connectivity index is 2.41. The lowest BCUT2D eigenvalue weighted by molar-refractivity contribution is 0.653. The van der Waals surface area contributed by atoms with Crippen LogP contribution in [0.2, 0.25) is 0 Å². The van der Waals surface area contributed by atoms with Gasteiger partial charge in [0.2, 0.25) is 0 Å². The first-order valence-electron chi connectivity index (χ1n) is 3.34. The van der Waals surface area contributed by atoms with Crippen LogP contribution in [0.3, 0.4) is 0 Å². The molecule has 2 heterocycles. The number of thiophene rings is 1. The zero-order chi connectivity index (χ0) is 6.97. The molecule has 1 nitrogen and oxygen atoms in total. The maximum Gasteiger partial charge on any atom is 0.0704 e. The van der Waals surface area contributed by atoms with Crippen LogP contribution in [0.25, 0.3) is 0 Å². The predicted octanol–water partition coefficient (Wildman–Crippen LogP) is 2.16. The largest absolute Gasteiger partial charge is 0.312 e. The first-order valence-corrected chi connectivity index (χ1v) is 4.95. The molecule has 0 bridgehead atoms. The van der Waals surface area contributed by atoms with Gasteiger partial charge in [-0.1, -0.05) is 0 Å². The Morgan fingerprint density at radius 2 is 2.50 bits per heavy atom. The number of fused-ring (bicyclic) bond motifs is 1. The van der Waals surface area contributed by atoms with Crippen LogP contribution in [-0.4, -0.2) is 6.54 Å². The van der Waals surface area contributed by atoms with Gasteiger partial charge >= 0.3 is 0 Å². The van der Waals surface area contributed by atoms with Gasteiger partial charge in [-0.05, 0) is 34.0 Å². The molecule has 10 heavy (non-hydrogen) atoms. The molecule has 0 atom stereocenters. The van der Waals surface area contributed by atoms with Crippen molar-refractivity contribution in [3.05, 3.63) is 20.3 Å². The van der Waals surface area contributed by atoms with Crippen LogP contribution in [-0.2, 0) is 13.0 Å². The van der Waals surface area contributed by atoms with Crippen molar-refractivity contribution in [1.82, 2.24) is 5.32 Å². The highest BCUT2D eigenvalue weighted by molar-refractivity contribution is 9.11. The molecule has 0 unspecified atom stereocenters. The zero-order valence-electron chi connectivity index (χ0n) is 5.48. The fourth-order valence-corrected chi connectivity index (χ4v) is 2.98. The summed E-state index contributed by atoms with van der Waals surface area (Å²) in [5.41, 5.74) is 1.48. The summed E-state index contributed by atoms with van der Waals surface area (Å²) in [5.74, 6) is 0. The average Bonchev–Trinajstić information content (AvgIpc) is 2.27. The summed E-state index contributed by atoms with van der Waals surface area (Å²) in [4.78, 5) is 1.55. The van der Waals surface area contributed by atoms with Gasteiger partial charge in [0.15, 0.2) is 0 Å². The van der Waals surface area contributed by atoms with E-state index in [1.54, 1.807) is 4.88 Å². The lowest BCUT2D eigenvalue weighted by Gasteiger charge is -2.10. The maximum atomic E-state index is 3.48. The van der Waals surface area contributed by atoms with Crippen molar-refractivity contribution in [1.29, 1.82) is 0 Å². The SMILES string of the molecule is Brc1cc2c(s1)CCNC2. The fourth-order valence-electron chi connectivity index (χ4n) is 1.22. The second kappa shape index (κ2) is 2.64. The molecule has 1 N–H and O–H groups in total. The molecule has 1 aliphatic heterocycles. The highest BCUT2D eigenvalue weighted by Crippen LogP contribution is 2.28. The second-order valence-corrected chi connectivity index (χ2v) is 4.94. The second-order valence-electron chi connectivity index (χ2n) is 2.43. The third-order valence-electron chi connectivity index (χ3n) is 1.71. The van der Waals surface area contributed by atoms with E-state index < -0.39 is 0 Å². The average molecular weight is 218 g/mol. The van der Waals surface area contributed by atoms with E-state index in [9.17, 15) is 0 Å². The van der Waals surface area contributed by atoms with Crippen LogP contribution in [0.1, 0.15) is 10.4 Å².